The van der Waals surface area contributed by atoms with Gasteiger partial charge in [0, 0.05) is 16.8 Å². The van der Waals surface area contributed by atoms with Crippen LogP contribution in [0.1, 0.15) is 52.6 Å². The van der Waals surface area contributed by atoms with Crippen molar-refractivity contribution >= 4 is 34.8 Å². The van der Waals surface area contributed by atoms with Crippen molar-refractivity contribution in [3.8, 4) is 5.75 Å². The maximum atomic E-state index is 12.5. The number of carbonyl (C=O) groups is 2. The number of thiocarbonyl (C=S) groups is 1. The molecule has 3 aromatic carbocycles. The molecule has 0 fully saturated rings. The second-order valence-corrected chi connectivity index (χ2v) is 7.88. The summed E-state index contributed by atoms with van der Waals surface area (Å²) >= 11 is 5.26. The number of ether oxygens (including phenoxy) is 1. The summed E-state index contributed by atoms with van der Waals surface area (Å²) < 4.78 is 5.56. The third kappa shape index (κ3) is 7.15. The first-order chi connectivity index (χ1) is 16.0. The Morgan fingerprint density at radius 2 is 1.64 bits per heavy atom. The van der Waals surface area contributed by atoms with Crippen LogP contribution in [0.5, 0.6) is 5.75 Å². The standard InChI is InChI=1S/C26H27N3O3S/c1-3-16-32-23-11-7-10-21(17-23)25(31)29-26(33)28-22-14-12-20(13-15-22)24(30)27-18(2)19-8-5-4-6-9-19/h4-15,17-18H,3,16H2,1-2H3,(H,27,30)(H2,28,29,31,33). The highest BCUT2D eigenvalue weighted by Crippen LogP contribution is 2.15. The van der Waals surface area contributed by atoms with Crippen molar-refractivity contribution in [2.24, 2.45) is 0 Å². The highest BCUT2D eigenvalue weighted by Gasteiger charge is 2.12. The lowest BCUT2D eigenvalue weighted by molar-refractivity contribution is 0.0938. The number of hydrogen-bond acceptors (Lipinski definition) is 4. The Bertz CT molecular complexity index is 1100. The summed E-state index contributed by atoms with van der Waals surface area (Å²) in [6.45, 7) is 4.55. The van der Waals surface area contributed by atoms with Gasteiger partial charge < -0.3 is 15.4 Å². The molecule has 6 nitrogen and oxygen atoms in total. The van der Waals surface area contributed by atoms with Crippen LogP contribution in [0.3, 0.4) is 0 Å². The molecule has 2 amide bonds. The summed E-state index contributed by atoms with van der Waals surface area (Å²) in [6.07, 6.45) is 0.886. The second kappa shape index (κ2) is 11.8. The fourth-order valence-corrected chi connectivity index (χ4v) is 3.31. The van der Waals surface area contributed by atoms with Crippen molar-refractivity contribution < 1.29 is 14.3 Å². The molecule has 7 heteroatoms. The predicted molar refractivity (Wildman–Crippen MR) is 135 cm³/mol. The van der Waals surface area contributed by atoms with E-state index in [-0.39, 0.29) is 23.0 Å². The molecule has 0 saturated carbocycles. The number of anilines is 1. The van der Waals surface area contributed by atoms with Crippen molar-refractivity contribution in [1.82, 2.24) is 10.6 Å². The van der Waals surface area contributed by atoms with Crippen LogP contribution < -0.4 is 20.7 Å². The Morgan fingerprint density at radius 3 is 2.33 bits per heavy atom. The molecule has 0 bridgehead atoms. The minimum Gasteiger partial charge on any atom is -0.494 e. The normalized spacial score (nSPS) is 11.2. The van der Waals surface area contributed by atoms with Gasteiger partial charge in [0.05, 0.1) is 12.6 Å². The first-order valence-corrected chi connectivity index (χ1v) is 11.2. The maximum Gasteiger partial charge on any atom is 0.257 e. The molecule has 3 rings (SSSR count). The van der Waals surface area contributed by atoms with Crippen LogP contribution in [0, 0.1) is 0 Å². The summed E-state index contributed by atoms with van der Waals surface area (Å²) in [5.74, 6) is 0.137. The van der Waals surface area contributed by atoms with Crippen LogP contribution in [0.2, 0.25) is 0 Å². The minimum absolute atomic E-state index is 0.106. The largest absolute Gasteiger partial charge is 0.494 e. The number of hydrogen-bond donors (Lipinski definition) is 3. The molecular formula is C26H27N3O3S. The first kappa shape index (κ1) is 23.9. The number of amides is 2. The first-order valence-electron chi connectivity index (χ1n) is 10.8. The number of benzene rings is 3. The van der Waals surface area contributed by atoms with Gasteiger partial charge in [-0.25, -0.2) is 0 Å². The van der Waals surface area contributed by atoms with E-state index >= 15 is 0 Å². The van der Waals surface area contributed by atoms with E-state index in [1.54, 1.807) is 48.5 Å². The van der Waals surface area contributed by atoms with Crippen molar-refractivity contribution in [3.63, 3.8) is 0 Å². The summed E-state index contributed by atoms with van der Waals surface area (Å²) in [6, 6.07) is 23.5. The highest BCUT2D eigenvalue weighted by molar-refractivity contribution is 7.80. The van der Waals surface area contributed by atoms with E-state index in [4.69, 9.17) is 17.0 Å². The molecule has 0 aromatic heterocycles. The van der Waals surface area contributed by atoms with Crippen LogP contribution in [-0.2, 0) is 0 Å². The van der Waals surface area contributed by atoms with E-state index in [1.165, 1.54) is 0 Å². The molecule has 1 atom stereocenters. The molecule has 3 aromatic rings. The lowest BCUT2D eigenvalue weighted by atomic mass is 10.1. The van der Waals surface area contributed by atoms with Gasteiger partial charge in [-0.3, -0.25) is 14.9 Å². The summed E-state index contributed by atoms with van der Waals surface area (Å²) in [5, 5.41) is 8.76. The third-order valence-electron chi connectivity index (χ3n) is 4.85. The van der Waals surface area contributed by atoms with E-state index in [9.17, 15) is 9.59 Å². The lowest BCUT2D eigenvalue weighted by Gasteiger charge is -2.15. The van der Waals surface area contributed by atoms with Gasteiger partial charge in [0.25, 0.3) is 11.8 Å². The molecule has 0 spiro atoms. The molecule has 0 aliphatic rings. The van der Waals surface area contributed by atoms with E-state index in [1.807, 2.05) is 44.2 Å². The number of carbonyl (C=O) groups excluding carboxylic acids is 2. The smallest absolute Gasteiger partial charge is 0.257 e. The van der Waals surface area contributed by atoms with Gasteiger partial charge in [-0.05, 0) is 73.6 Å². The number of nitrogens with one attached hydrogen (secondary N) is 3. The van der Waals surface area contributed by atoms with Crippen LogP contribution in [-0.4, -0.2) is 23.5 Å². The molecule has 0 heterocycles. The van der Waals surface area contributed by atoms with Crippen LogP contribution in [0.25, 0.3) is 0 Å². The zero-order valence-electron chi connectivity index (χ0n) is 18.6. The molecule has 3 N–H and O–H groups in total. The average Bonchev–Trinajstić information content (AvgIpc) is 2.83. The van der Waals surface area contributed by atoms with Gasteiger partial charge in [0.15, 0.2) is 5.11 Å². The Labute approximate surface area is 199 Å². The number of rotatable bonds is 8. The Morgan fingerprint density at radius 1 is 0.909 bits per heavy atom. The fourth-order valence-electron chi connectivity index (χ4n) is 3.09. The predicted octanol–water partition coefficient (Wildman–Crippen LogP) is 5.09. The van der Waals surface area contributed by atoms with E-state index in [0.717, 1.165) is 12.0 Å². The SMILES string of the molecule is CCCOc1cccc(C(=O)NC(=S)Nc2ccc(C(=O)NC(C)c3ccccc3)cc2)c1. The fraction of sp³-hybridized carbons (Fsp3) is 0.192. The molecule has 0 aliphatic heterocycles. The molecule has 170 valence electrons. The quantitative estimate of drug-likeness (QED) is 0.407. The van der Waals surface area contributed by atoms with E-state index < -0.39 is 0 Å². The van der Waals surface area contributed by atoms with Gasteiger partial charge >= 0.3 is 0 Å². The Balaban J connectivity index is 1.53. The molecule has 33 heavy (non-hydrogen) atoms. The van der Waals surface area contributed by atoms with E-state index in [0.29, 0.717) is 29.2 Å². The zero-order chi connectivity index (χ0) is 23.6. The van der Waals surface area contributed by atoms with Crippen molar-refractivity contribution in [2.75, 3.05) is 11.9 Å². The van der Waals surface area contributed by atoms with Gasteiger partial charge in [-0.2, -0.15) is 0 Å². The van der Waals surface area contributed by atoms with E-state index in [2.05, 4.69) is 16.0 Å². The maximum absolute atomic E-state index is 12.5. The summed E-state index contributed by atoms with van der Waals surface area (Å²) in [4.78, 5) is 25.0. The summed E-state index contributed by atoms with van der Waals surface area (Å²) in [7, 11) is 0. The van der Waals surface area contributed by atoms with Crippen LogP contribution in [0.4, 0.5) is 5.69 Å². The van der Waals surface area contributed by atoms with Crippen LogP contribution >= 0.6 is 12.2 Å². The lowest BCUT2D eigenvalue weighted by Crippen LogP contribution is -2.34. The summed E-state index contributed by atoms with van der Waals surface area (Å²) in [5.41, 5.74) is 2.68. The minimum atomic E-state index is -0.333. The van der Waals surface area contributed by atoms with Crippen molar-refractivity contribution in [2.45, 2.75) is 26.3 Å². The molecule has 0 saturated heterocycles. The Hall–Kier alpha value is -3.71. The monoisotopic (exact) mass is 461 g/mol. The van der Waals surface area contributed by atoms with Gasteiger partial charge in [-0.1, -0.05) is 43.3 Å². The van der Waals surface area contributed by atoms with Crippen molar-refractivity contribution in [3.05, 3.63) is 95.6 Å². The average molecular weight is 462 g/mol. The second-order valence-electron chi connectivity index (χ2n) is 7.47. The van der Waals surface area contributed by atoms with Gasteiger partial charge in [-0.15, -0.1) is 0 Å². The topological polar surface area (TPSA) is 79.5 Å². The zero-order valence-corrected chi connectivity index (χ0v) is 19.4. The Kier molecular flexibility index (Phi) is 8.55. The van der Waals surface area contributed by atoms with Gasteiger partial charge in [0.2, 0.25) is 0 Å². The molecule has 0 radical (unpaired) electrons. The molecular weight excluding hydrogens is 434 g/mol. The van der Waals surface area contributed by atoms with Crippen LogP contribution in [0.15, 0.2) is 78.9 Å². The molecule has 1 unspecified atom stereocenters. The van der Waals surface area contributed by atoms with Crippen molar-refractivity contribution in [1.29, 1.82) is 0 Å². The molecule has 0 aliphatic carbocycles. The highest BCUT2D eigenvalue weighted by atomic mass is 32.1. The van der Waals surface area contributed by atoms with Gasteiger partial charge in [0.1, 0.15) is 5.75 Å². The third-order valence-corrected chi connectivity index (χ3v) is 5.05.